The van der Waals surface area contributed by atoms with Gasteiger partial charge in [0.05, 0.1) is 6.04 Å². The number of carbonyl (C=O) groups is 1. The van der Waals surface area contributed by atoms with Gasteiger partial charge in [0.1, 0.15) is 0 Å². The number of amides is 1. The van der Waals surface area contributed by atoms with Crippen LogP contribution in [0.15, 0.2) is 0 Å². The van der Waals surface area contributed by atoms with Crippen LogP contribution in [-0.4, -0.2) is 43.0 Å². The monoisotopic (exact) mass is 185 g/mol. The fraction of sp³-hybridized carbons (Fsp3) is 0.889. The Morgan fingerprint density at radius 2 is 2.38 bits per heavy atom. The predicted molar refractivity (Wildman–Crippen MR) is 52.3 cm³/mol. The van der Waals surface area contributed by atoms with E-state index < -0.39 is 6.04 Å². The first-order valence-electron chi connectivity index (χ1n) is 4.84. The summed E-state index contributed by atoms with van der Waals surface area (Å²) in [7, 11) is 2.07. The quantitative estimate of drug-likeness (QED) is 0.612. The highest BCUT2D eigenvalue weighted by Gasteiger charge is 2.19. The summed E-state index contributed by atoms with van der Waals surface area (Å²) < 4.78 is 0. The maximum absolute atomic E-state index is 11.3. The Hall–Kier alpha value is -0.610. The van der Waals surface area contributed by atoms with E-state index in [9.17, 15) is 4.79 Å². The van der Waals surface area contributed by atoms with Crippen molar-refractivity contribution in [1.82, 2.24) is 10.2 Å². The van der Waals surface area contributed by atoms with Crippen molar-refractivity contribution in [2.24, 2.45) is 5.73 Å². The Morgan fingerprint density at radius 1 is 1.69 bits per heavy atom. The number of hydrogen-bond acceptors (Lipinski definition) is 3. The van der Waals surface area contributed by atoms with Gasteiger partial charge in [0.25, 0.3) is 0 Å². The Morgan fingerprint density at radius 3 is 2.92 bits per heavy atom. The summed E-state index contributed by atoms with van der Waals surface area (Å²) in [5.74, 6) is -0.0414. The van der Waals surface area contributed by atoms with Crippen LogP contribution < -0.4 is 11.1 Å². The summed E-state index contributed by atoms with van der Waals surface area (Å²) >= 11 is 0. The van der Waals surface area contributed by atoms with E-state index in [-0.39, 0.29) is 11.9 Å². The Bertz CT molecular complexity index is 182. The largest absolute Gasteiger partial charge is 0.351 e. The number of rotatable bonds is 2. The molecule has 4 heteroatoms. The summed E-state index contributed by atoms with van der Waals surface area (Å²) in [5.41, 5.74) is 5.46. The predicted octanol–water partition coefficient (Wildman–Crippen LogP) is -0.456. The first-order chi connectivity index (χ1) is 6.09. The summed E-state index contributed by atoms with van der Waals surface area (Å²) in [4.78, 5) is 13.5. The van der Waals surface area contributed by atoms with Gasteiger partial charge in [-0.2, -0.15) is 0 Å². The van der Waals surface area contributed by atoms with Gasteiger partial charge in [-0.15, -0.1) is 0 Å². The van der Waals surface area contributed by atoms with Crippen LogP contribution in [0.2, 0.25) is 0 Å². The molecule has 1 amide bonds. The fourth-order valence-corrected chi connectivity index (χ4v) is 1.62. The maximum Gasteiger partial charge on any atom is 0.236 e. The van der Waals surface area contributed by atoms with Gasteiger partial charge in [-0.05, 0) is 33.4 Å². The van der Waals surface area contributed by atoms with Gasteiger partial charge in [0.2, 0.25) is 5.91 Å². The minimum Gasteiger partial charge on any atom is -0.351 e. The van der Waals surface area contributed by atoms with E-state index in [2.05, 4.69) is 17.3 Å². The van der Waals surface area contributed by atoms with E-state index in [0.717, 1.165) is 25.9 Å². The topological polar surface area (TPSA) is 58.4 Å². The highest BCUT2D eigenvalue weighted by Crippen LogP contribution is 2.07. The average molecular weight is 185 g/mol. The minimum atomic E-state index is -0.396. The molecule has 1 unspecified atom stereocenters. The molecule has 0 aliphatic carbocycles. The van der Waals surface area contributed by atoms with Crippen molar-refractivity contribution >= 4 is 5.91 Å². The van der Waals surface area contributed by atoms with E-state index in [0.29, 0.717) is 0 Å². The van der Waals surface area contributed by atoms with Crippen molar-refractivity contribution in [2.45, 2.75) is 31.8 Å². The number of piperidine rings is 1. The Labute approximate surface area is 79.5 Å². The van der Waals surface area contributed by atoms with Crippen LogP contribution in [0.3, 0.4) is 0 Å². The number of hydrogen-bond donors (Lipinski definition) is 2. The van der Waals surface area contributed by atoms with E-state index >= 15 is 0 Å². The molecule has 1 fully saturated rings. The van der Waals surface area contributed by atoms with Gasteiger partial charge in [-0.25, -0.2) is 0 Å². The molecule has 1 saturated heterocycles. The number of likely N-dealkylation sites (N-methyl/N-ethyl adjacent to an activating group) is 1. The fourth-order valence-electron chi connectivity index (χ4n) is 1.62. The molecule has 0 radical (unpaired) electrons. The van der Waals surface area contributed by atoms with Crippen molar-refractivity contribution in [2.75, 3.05) is 20.1 Å². The molecule has 0 spiro atoms. The summed E-state index contributed by atoms with van der Waals surface area (Å²) in [6.45, 7) is 3.78. The highest BCUT2D eigenvalue weighted by atomic mass is 16.2. The van der Waals surface area contributed by atoms with Gasteiger partial charge in [-0.1, -0.05) is 0 Å². The summed E-state index contributed by atoms with van der Waals surface area (Å²) in [6, 6.07) is -0.107. The van der Waals surface area contributed by atoms with E-state index in [1.807, 2.05) is 0 Å². The van der Waals surface area contributed by atoms with Crippen molar-refractivity contribution in [1.29, 1.82) is 0 Å². The zero-order valence-corrected chi connectivity index (χ0v) is 8.42. The molecule has 0 aromatic carbocycles. The maximum atomic E-state index is 11.3. The van der Waals surface area contributed by atoms with E-state index in [1.165, 1.54) is 0 Å². The molecule has 0 bridgehead atoms. The van der Waals surface area contributed by atoms with Crippen LogP contribution in [0.1, 0.15) is 19.8 Å². The standard InChI is InChI=1S/C9H19N3O/c1-7(10)9(13)11-8-4-3-5-12(2)6-8/h7-8H,3-6,10H2,1-2H3,(H,11,13)/t7-,8?/m1/s1. The van der Waals surface area contributed by atoms with Gasteiger partial charge in [0, 0.05) is 12.6 Å². The molecule has 1 rings (SSSR count). The molecule has 0 aromatic heterocycles. The highest BCUT2D eigenvalue weighted by molar-refractivity contribution is 5.81. The van der Waals surface area contributed by atoms with Crippen LogP contribution >= 0.6 is 0 Å². The second kappa shape index (κ2) is 4.58. The molecule has 76 valence electrons. The molecule has 1 heterocycles. The lowest BCUT2D eigenvalue weighted by Gasteiger charge is -2.30. The van der Waals surface area contributed by atoms with Crippen LogP contribution in [0.5, 0.6) is 0 Å². The number of nitrogens with one attached hydrogen (secondary N) is 1. The molecule has 3 N–H and O–H groups in total. The van der Waals surface area contributed by atoms with Crippen molar-refractivity contribution in [3.05, 3.63) is 0 Å². The Kier molecular flexibility index (Phi) is 3.69. The molecule has 1 aliphatic rings. The van der Waals surface area contributed by atoms with Gasteiger partial charge < -0.3 is 16.0 Å². The normalized spacial score (nSPS) is 26.8. The molecular weight excluding hydrogens is 166 g/mol. The molecule has 13 heavy (non-hydrogen) atoms. The summed E-state index contributed by atoms with van der Waals surface area (Å²) in [6.07, 6.45) is 2.23. The average Bonchev–Trinajstić information content (AvgIpc) is 2.04. The molecule has 0 saturated carbocycles. The van der Waals surface area contributed by atoms with Crippen LogP contribution in [-0.2, 0) is 4.79 Å². The van der Waals surface area contributed by atoms with Gasteiger partial charge in [0.15, 0.2) is 0 Å². The lowest BCUT2D eigenvalue weighted by molar-refractivity contribution is -0.123. The van der Waals surface area contributed by atoms with E-state index in [1.54, 1.807) is 6.92 Å². The lowest BCUT2D eigenvalue weighted by atomic mass is 10.1. The number of carbonyl (C=O) groups excluding carboxylic acids is 1. The molecule has 4 nitrogen and oxygen atoms in total. The molecule has 1 aliphatic heterocycles. The first kappa shape index (κ1) is 10.5. The van der Waals surface area contributed by atoms with Gasteiger partial charge >= 0.3 is 0 Å². The molecule has 2 atom stereocenters. The van der Waals surface area contributed by atoms with Crippen molar-refractivity contribution in [3.8, 4) is 0 Å². The first-order valence-corrected chi connectivity index (χ1v) is 4.84. The smallest absolute Gasteiger partial charge is 0.236 e. The molecular formula is C9H19N3O. The summed E-state index contributed by atoms with van der Waals surface area (Å²) in [5, 5.41) is 2.94. The second-order valence-corrected chi connectivity index (χ2v) is 3.90. The number of nitrogens with zero attached hydrogens (tertiary/aromatic N) is 1. The second-order valence-electron chi connectivity index (χ2n) is 3.90. The van der Waals surface area contributed by atoms with E-state index in [4.69, 9.17) is 5.73 Å². The zero-order chi connectivity index (χ0) is 9.84. The van der Waals surface area contributed by atoms with Crippen LogP contribution in [0.4, 0.5) is 0 Å². The van der Waals surface area contributed by atoms with Crippen molar-refractivity contribution in [3.63, 3.8) is 0 Å². The number of likely N-dealkylation sites (tertiary alicyclic amines) is 1. The lowest BCUT2D eigenvalue weighted by Crippen LogP contribution is -2.50. The van der Waals surface area contributed by atoms with Crippen LogP contribution in [0, 0.1) is 0 Å². The van der Waals surface area contributed by atoms with Gasteiger partial charge in [-0.3, -0.25) is 4.79 Å². The third-order valence-corrected chi connectivity index (χ3v) is 2.38. The Balaban J connectivity index is 2.31. The third kappa shape index (κ3) is 3.32. The number of nitrogens with two attached hydrogens (primary N) is 1. The SMILES string of the molecule is C[C@@H](N)C(=O)NC1CCCN(C)C1. The van der Waals surface area contributed by atoms with Crippen LogP contribution in [0.25, 0.3) is 0 Å². The van der Waals surface area contributed by atoms with Crippen molar-refractivity contribution < 1.29 is 4.79 Å². The third-order valence-electron chi connectivity index (χ3n) is 2.38. The zero-order valence-electron chi connectivity index (χ0n) is 8.42. The molecule has 0 aromatic rings. The minimum absolute atomic E-state index is 0.0414.